The van der Waals surface area contributed by atoms with Crippen LogP contribution in [0, 0.1) is 28.6 Å². The third-order valence-corrected chi connectivity index (χ3v) is 7.62. The van der Waals surface area contributed by atoms with Crippen molar-refractivity contribution in [3.05, 3.63) is 11.6 Å². The Morgan fingerprint density at radius 1 is 1.15 bits per heavy atom. The lowest BCUT2D eigenvalue weighted by atomic mass is 9.49. The Kier molecular flexibility index (Phi) is 2.76. The van der Waals surface area contributed by atoms with Crippen LogP contribution in [0.15, 0.2) is 11.6 Å². The zero-order chi connectivity index (χ0) is 14.0. The quantitative estimate of drug-likeness (QED) is 0.573. The van der Waals surface area contributed by atoms with Gasteiger partial charge in [-0.05, 0) is 67.1 Å². The van der Waals surface area contributed by atoms with Gasteiger partial charge >= 0.3 is 0 Å². The summed E-state index contributed by atoms with van der Waals surface area (Å²) in [6.07, 6.45) is 13.8. The van der Waals surface area contributed by atoms with E-state index in [0.717, 1.165) is 31.1 Å². The number of Topliss-reactive ketones (excluding diaryl/α,β-unsaturated/α-hetero) is 1. The number of fused-ring (bicyclic) bond motifs is 5. The summed E-state index contributed by atoms with van der Waals surface area (Å²) >= 11 is 0. The molecule has 0 radical (unpaired) electrons. The first-order chi connectivity index (χ1) is 9.53. The third kappa shape index (κ3) is 1.64. The van der Waals surface area contributed by atoms with E-state index in [1.54, 1.807) is 5.57 Å². The molecule has 3 saturated carbocycles. The topological polar surface area (TPSA) is 17.1 Å². The average Bonchev–Trinajstić information content (AvgIpc) is 2.81. The molecule has 0 N–H and O–H groups in total. The lowest BCUT2D eigenvalue weighted by Gasteiger charge is -2.55. The number of hydrogen-bond donors (Lipinski definition) is 0. The van der Waals surface area contributed by atoms with E-state index < -0.39 is 0 Å². The second-order valence-electron chi connectivity index (χ2n) is 8.56. The average molecular weight is 272 g/mol. The Labute approximate surface area is 123 Å². The van der Waals surface area contributed by atoms with Crippen LogP contribution in [-0.4, -0.2) is 5.78 Å². The maximum Gasteiger partial charge on any atom is 0.133 e. The van der Waals surface area contributed by atoms with Gasteiger partial charge in [-0.1, -0.05) is 31.9 Å². The van der Waals surface area contributed by atoms with Gasteiger partial charge in [-0.15, -0.1) is 0 Å². The highest BCUT2D eigenvalue weighted by atomic mass is 16.1. The normalized spacial score (nSPS) is 51.0. The van der Waals surface area contributed by atoms with Crippen molar-refractivity contribution in [1.82, 2.24) is 0 Å². The molecule has 4 aliphatic carbocycles. The van der Waals surface area contributed by atoms with Crippen molar-refractivity contribution in [1.29, 1.82) is 0 Å². The van der Waals surface area contributed by atoms with Crippen molar-refractivity contribution in [3.63, 3.8) is 0 Å². The number of rotatable bonds is 0. The van der Waals surface area contributed by atoms with Crippen LogP contribution in [0.3, 0.4) is 0 Å². The second-order valence-corrected chi connectivity index (χ2v) is 8.56. The smallest absolute Gasteiger partial charge is 0.133 e. The van der Waals surface area contributed by atoms with Crippen molar-refractivity contribution in [2.75, 3.05) is 0 Å². The van der Waals surface area contributed by atoms with Crippen LogP contribution in [-0.2, 0) is 4.79 Å². The van der Waals surface area contributed by atoms with E-state index >= 15 is 0 Å². The molecule has 0 amide bonds. The van der Waals surface area contributed by atoms with E-state index in [1.165, 1.54) is 38.5 Å². The van der Waals surface area contributed by atoms with E-state index in [-0.39, 0.29) is 0 Å². The monoisotopic (exact) mass is 272 g/mol. The van der Waals surface area contributed by atoms with E-state index in [0.29, 0.717) is 22.5 Å². The minimum absolute atomic E-state index is 0.362. The first-order valence-electron chi connectivity index (χ1n) is 8.75. The minimum Gasteiger partial charge on any atom is -0.300 e. The largest absolute Gasteiger partial charge is 0.300 e. The number of ketones is 1. The molecule has 0 bridgehead atoms. The molecule has 0 aromatic rings. The van der Waals surface area contributed by atoms with E-state index in [1.807, 2.05) is 0 Å². The fourth-order valence-electron chi connectivity index (χ4n) is 6.31. The van der Waals surface area contributed by atoms with Crippen molar-refractivity contribution in [2.24, 2.45) is 28.6 Å². The maximum atomic E-state index is 11.8. The number of carbonyl (C=O) groups is 1. The predicted octanol–water partition coefficient (Wildman–Crippen LogP) is 4.91. The van der Waals surface area contributed by atoms with Gasteiger partial charge in [0.1, 0.15) is 5.78 Å². The van der Waals surface area contributed by atoms with E-state index in [2.05, 4.69) is 19.9 Å². The molecule has 1 nitrogen and oxygen atoms in total. The summed E-state index contributed by atoms with van der Waals surface area (Å²) in [4.78, 5) is 11.8. The molecule has 5 atom stereocenters. The molecule has 0 saturated heterocycles. The van der Waals surface area contributed by atoms with Gasteiger partial charge in [-0.2, -0.15) is 0 Å². The first-order valence-corrected chi connectivity index (χ1v) is 8.75. The SMILES string of the molecule is C[C@]12CC=C3[C@H](CC[C@H]4CC(=O)CC[C@]34C)[C@@H]1CCC2. The molecular formula is C19H28O. The fraction of sp³-hybridized carbons (Fsp3) is 0.842. The maximum absolute atomic E-state index is 11.8. The Bertz CT molecular complexity index is 476. The number of hydrogen-bond acceptors (Lipinski definition) is 1. The van der Waals surface area contributed by atoms with Gasteiger partial charge in [-0.3, -0.25) is 4.79 Å². The van der Waals surface area contributed by atoms with Crippen LogP contribution in [0.1, 0.15) is 71.6 Å². The van der Waals surface area contributed by atoms with Gasteiger partial charge in [-0.25, -0.2) is 0 Å². The van der Waals surface area contributed by atoms with Crippen LogP contribution < -0.4 is 0 Å². The van der Waals surface area contributed by atoms with Crippen molar-refractivity contribution < 1.29 is 4.79 Å². The van der Waals surface area contributed by atoms with Gasteiger partial charge in [0.05, 0.1) is 0 Å². The van der Waals surface area contributed by atoms with E-state index in [4.69, 9.17) is 0 Å². The van der Waals surface area contributed by atoms with Crippen molar-refractivity contribution in [3.8, 4) is 0 Å². The van der Waals surface area contributed by atoms with Crippen LogP contribution in [0.2, 0.25) is 0 Å². The van der Waals surface area contributed by atoms with Gasteiger partial charge < -0.3 is 0 Å². The summed E-state index contributed by atoms with van der Waals surface area (Å²) < 4.78 is 0. The molecule has 0 aromatic carbocycles. The Hall–Kier alpha value is -0.590. The molecule has 0 heterocycles. The molecule has 20 heavy (non-hydrogen) atoms. The Balaban J connectivity index is 1.71. The Morgan fingerprint density at radius 3 is 2.85 bits per heavy atom. The molecule has 0 spiro atoms. The minimum atomic E-state index is 0.362. The van der Waals surface area contributed by atoms with Crippen molar-refractivity contribution >= 4 is 5.78 Å². The number of carbonyl (C=O) groups excluding carboxylic acids is 1. The standard InChI is InChI=1S/C19H28O/c1-18-9-3-4-16(18)15-6-5-13-12-14(20)7-11-19(13,2)17(15)8-10-18/h8,13,15-16H,3-7,9-12H2,1-2H3/t13-,15+,16-,18-,19-/m0/s1. The molecule has 1 heteroatoms. The fourth-order valence-corrected chi connectivity index (χ4v) is 6.31. The van der Waals surface area contributed by atoms with Gasteiger partial charge in [0.2, 0.25) is 0 Å². The summed E-state index contributed by atoms with van der Waals surface area (Å²) in [6.45, 7) is 5.02. The summed E-state index contributed by atoms with van der Waals surface area (Å²) in [5, 5.41) is 0. The summed E-state index contributed by atoms with van der Waals surface area (Å²) in [5.74, 6) is 2.97. The molecule has 4 rings (SSSR count). The van der Waals surface area contributed by atoms with Crippen LogP contribution in [0.25, 0.3) is 0 Å². The van der Waals surface area contributed by atoms with Crippen LogP contribution >= 0.6 is 0 Å². The lowest BCUT2D eigenvalue weighted by molar-refractivity contribution is -0.125. The summed E-state index contributed by atoms with van der Waals surface area (Å²) in [6, 6.07) is 0. The summed E-state index contributed by atoms with van der Waals surface area (Å²) in [7, 11) is 0. The molecule has 0 aliphatic heterocycles. The summed E-state index contributed by atoms with van der Waals surface area (Å²) in [5.41, 5.74) is 2.74. The zero-order valence-electron chi connectivity index (χ0n) is 13.1. The Morgan fingerprint density at radius 2 is 2.00 bits per heavy atom. The number of allylic oxidation sites excluding steroid dienone is 2. The molecule has 0 unspecified atom stereocenters. The highest BCUT2D eigenvalue weighted by Crippen LogP contribution is 2.63. The molecule has 110 valence electrons. The van der Waals surface area contributed by atoms with Crippen LogP contribution in [0.5, 0.6) is 0 Å². The van der Waals surface area contributed by atoms with Crippen molar-refractivity contribution in [2.45, 2.75) is 71.6 Å². The zero-order valence-corrected chi connectivity index (χ0v) is 13.1. The highest BCUT2D eigenvalue weighted by Gasteiger charge is 2.54. The van der Waals surface area contributed by atoms with Gasteiger partial charge in [0.25, 0.3) is 0 Å². The molecular weight excluding hydrogens is 244 g/mol. The molecule has 3 fully saturated rings. The third-order valence-electron chi connectivity index (χ3n) is 7.62. The second kappa shape index (κ2) is 4.21. The van der Waals surface area contributed by atoms with E-state index in [9.17, 15) is 4.79 Å². The lowest BCUT2D eigenvalue weighted by Crippen LogP contribution is -2.47. The predicted molar refractivity (Wildman–Crippen MR) is 81.3 cm³/mol. The highest BCUT2D eigenvalue weighted by molar-refractivity contribution is 5.80. The molecule has 4 aliphatic rings. The van der Waals surface area contributed by atoms with Gasteiger partial charge in [0, 0.05) is 12.8 Å². The van der Waals surface area contributed by atoms with Gasteiger partial charge in [0.15, 0.2) is 0 Å². The molecule has 0 aromatic heterocycles. The first kappa shape index (κ1) is 13.1. The van der Waals surface area contributed by atoms with Crippen LogP contribution in [0.4, 0.5) is 0 Å².